The molecular formula is C19H24N2O3. The topological polar surface area (TPSA) is 70.6 Å². The third-order valence-electron chi connectivity index (χ3n) is 3.75. The summed E-state index contributed by atoms with van der Waals surface area (Å²) in [5.74, 6) is 0.770. The first-order valence-corrected chi connectivity index (χ1v) is 7.94. The SMILES string of the molecule is COc1ccc(C(Nc2cccc(NC(=O)CO)c2)C(C)C)cc1. The lowest BCUT2D eigenvalue weighted by atomic mass is 9.95. The molecule has 2 aromatic rings. The van der Waals surface area contributed by atoms with Crippen LogP contribution >= 0.6 is 0 Å². The average Bonchev–Trinajstić information content (AvgIpc) is 2.60. The summed E-state index contributed by atoms with van der Waals surface area (Å²) in [5.41, 5.74) is 2.71. The van der Waals surface area contributed by atoms with Crippen LogP contribution in [-0.4, -0.2) is 24.7 Å². The maximum absolute atomic E-state index is 11.3. The standard InChI is InChI=1S/C19H24N2O3/c1-13(2)19(14-7-9-17(24-3)10-8-14)21-16-6-4-5-15(11-16)20-18(23)12-22/h4-11,13,19,21-22H,12H2,1-3H3,(H,20,23). The quantitative estimate of drug-likeness (QED) is 0.728. The van der Waals surface area contributed by atoms with Gasteiger partial charge in [-0.2, -0.15) is 0 Å². The normalized spacial score (nSPS) is 11.9. The lowest BCUT2D eigenvalue weighted by molar-refractivity contribution is -0.118. The van der Waals surface area contributed by atoms with Crippen molar-refractivity contribution in [3.63, 3.8) is 0 Å². The van der Waals surface area contributed by atoms with Gasteiger partial charge in [-0.15, -0.1) is 0 Å². The highest BCUT2D eigenvalue weighted by atomic mass is 16.5. The second-order valence-corrected chi connectivity index (χ2v) is 5.93. The molecule has 0 aliphatic rings. The summed E-state index contributed by atoms with van der Waals surface area (Å²) in [7, 11) is 1.65. The fourth-order valence-electron chi connectivity index (χ4n) is 2.51. The Morgan fingerprint density at radius 2 is 1.79 bits per heavy atom. The highest BCUT2D eigenvalue weighted by molar-refractivity contribution is 5.91. The Bertz CT molecular complexity index is 669. The van der Waals surface area contributed by atoms with E-state index in [-0.39, 0.29) is 6.04 Å². The molecule has 0 heterocycles. The second-order valence-electron chi connectivity index (χ2n) is 5.93. The number of hydrogen-bond acceptors (Lipinski definition) is 4. The molecule has 1 atom stereocenters. The monoisotopic (exact) mass is 328 g/mol. The van der Waals surface area contributed by atoms with Gasteiger partial charge < -0.3 is 20.5 Å². The van der Waals surface area contributed by atoms with Crippen molar-refractivity contribution in [3.8, 4) is 5.75 Å². The zero-order valence-corrected chi connectivity index (χ0v) is 14.2. The lowest BCUT2D eigenvalue weighted by Gasteiger charge is -2.24. The van der Waals surface area contributed by atoms with E-state index < -0.39 is 12.5 Å². The largest absolute Gasteiger partial charge is 0.497 e. The number of ether oxygens (including phenoxy) is 1. The predicted octanol–water partition coefficient (Wildman–Crippen LogP) is 3.44. The summed E-state index contributed by atoms with van der Waals surface area (Å²) in [6.45, 7) is 3.77. The number of carbonyl (C=O) groups is 1. The summed E-state index contributed by atoms with van der Waals surface area (Å²) < 4.78 is 5.21. The first-order chi connectivity index (χ1) is 11.5. The number of anilines is 2. The number of amides is 1. The van der Waals surface area contributed by atoms with E-state index in [0.717, 1.165) is 17.0 Å². The van der Waals surface area contributed by atoms with Gasteiger partial charge in [-0.05, 0) is 41.8 Å². The van der Waals surface area contributed by atoms with Crippen LogP contribution in [0.4, 0.5) is 11.4 Å². The molecule has 5 nitrogen and oxygen atoms in total. The minimum absolute atomic E-state index is 0.125. The van der Waals surface area contributed by atoms with Crippen molar-refractivity contribution < 1.29 is 14.6 Å². The average molecular weight is 328 g/mol. The first-order valence-electron chi connectivity index (χ1n) is 7.94. The van der Waals surface area contributed by atoms with Crippen LogP contribution in [0.1, 0.15) is 25.5 Å². The van der Waals surface area contributed by atoms with Gasteiger partial charge in [0.2, 0.25) is 5.91 Å². The van der Waals surface area contributed by atoms with E-state index in [0.29, 0.717) is 11.6 Å². The van der Waals surface area contributed by atoms with Crippen molar-refractivity contribution in [3.05, 3.63) is 54.1 Å². The van der Waals surface area contributed by atoms with E-state index >= 15 is 0 Å². The molecule has 0 radical (unpaired) electrons. The highest BCUT2D eigenvalue weighted by Gasteiger charge is 2.16. The van der Waals surface area contributed by atoms with Crippen LogP contribution in [0.25, 0.3) is 0 Å². The minimum atomic E-state index is -0.530. The van der Waals surface area contributed by atoms with Crippen LogP contribution in [0.15, 0.2) is 48.5 Å². The molecular weight excluding hydrogens is 304 g/mol. The Morgan fingerprint density at radius 3 is 2.38 bits per heavy atom. The molecule has 128 valence electrons. The fraction of sp³-hybridized carbons (Fsp3) is 0.316. The smallest absolute Gasteiger partial charge is 0.250 e. The van der Waals surface area contributed by atoms with Gasteiger partial charge in [0.15, 0.2) is 0 Å². The van der Waals surface area contributed by atoms with Gasteiger partial charge in [0, 0.05) is 11.4 Å². The van der Waals surface area contributed by atoms with Crippen LogP contribution in [0.3, 0.4) is 0 Å². The zero-order valence-electron chi connectivity index (χ0n) is 14.2. The maximum Gasteiger partial charge on any atom is 0.250 e. The molecule has 1 amide bonds. The Balaban J connectivity index is 2.18. The number of rotatable bonds is 7. The molecule has 2 rings (SSSR count). The molecule has 0 fully saturated rings. The number of carbonyl (C=O) groups excluding carboxylic acids is 1. The molecule has 0 aliphatic carbocycles. The number of methoxy groups -OCH3 is 1. The fourth-order valence-corrected chi connectivity index (χ4v) is 2.51. The first kappa shape index (κ1) is 17.8. The van der Waals surface area contributed by atoms with Gasteiger partial charge in [-0.25, -0.2) is 0 Å². The van der Waals surface area contributed by atoms with Crippen LogP contribution in [0.2, 0.25) is 0 Å². The van der Waals surface area contributed by atoms with Crippen molar-refractivity contribution >= 4 is 17.3 Å². The maximum atomic E-state index is 11.3. The van der Waals surface area contributed by atoms with Crippen LogP contribution < -0.4 is 15.4 Å². The molecule has 0 aromatic heterocycles. The van der Waals surface area contributed by atoms with E-state index in [1.165, 1.54) is 0 Å². The molecule has 24 heavy (non-hydrogen) atoms. The van der Waals surface area contributed by atoms with Crippen LogP contribution in [0, 0.1) is 5.92 Å². The molecule has 3 N–H and O–H groups in total. The van der Waals surface area contributed by atoms with Crippen molar-refractivity contribution in [2.45, 2.75) is 19.9 Å². The van der Waals surface area contributed by atoms with E-state index in [1.54, 1.807) is 13.2 Å². The summed E-state index contributed by atoms with van der Waals surface area (Å²) in [4.78, 5) is 11.3. The number of hydrogen-bond donors (Lipinski definition) is 3. The lowest BCUT2D eigenvalue weighted by Crippen LogP contribution is -2.18. The van der Waals surface area contributed by atoms with Gasteiger partial charge in [0.25, 0.3) is 0 Å². The van der Waals surface area contributed by atoms with Crippen molar-refractivity contribution in [2.75, 3.05) is 24.4 Å². The highest BCUT2D eigenvalue weighted by Crippen LogP contribution is 2.28. The van der Waals surface area contributed by atoms with E-state index in [9.17, 15) is 4.79 Å². The van der Waals surface area contributed by atoms with Gasteiger partial charge >= 0.3 is 0 Å². The van der Waals surface area contributed by atoms with Gasteiger partial charge in [0.05, 0.1) is 13.2 Å². The van der Waals surface area contributed by atoms with E-state index in [2.05, 4.69) is 24.5 Å². The Labute approximate surface area is 142 Å². The predicted molar refractivity (Wildman–Crippen MR) is 96.4 cm³/mol. The summed E-state index contributed by atoms with van der Waals surface area (Å²) in [5, 5.41) is 15.0. The molecule has 0 aliphatic heterocycles. The van der Waals surface area contributed by atoms with Crippen LogP contribution in [0.5, 0.6) is 5.75 Å². The molecule has 0 bridgehead atoms. The van der Waals surface area contributed by atoms with Gasteiger partial charge in [0.1, 0.15) is 12.4 Å². The number of nitrogens with one attached hydrogen (secondary N) is 2. The summed E-state index contributed by atoms with van der Waals surface area (Å²) in [6, 6.07) is 15.6. The number of benzene rings is 2. The van der Waals surface area contributed by atoms with Gasteiger partial charge in [-0.3, -0.25) is 4.79 Å². The zero-order chi connectivity index (χ0) is 17.5. The Morgan fingerprint density at radius 1 is 1.12 bits per heavy atom. The van der Waals surface area contributed by atoms with E-state index in [4.69, 9.17) is 9.84 Å². The Hall–Kier alpha value is -2.53. The minimum Gasteiger partial charge on any atom is -0.497 e. The summed E-state index contributed by atoms with van der Waals surface area (Å²) in [6.07, 6.45) is 0. The molecule has 1 unspecified atom stereocenters. The van der Waals surface area contributed by atoms with Crippen molar-refractivity contribution in [2.24, 2.45) is 5.92 Å². The molecule has 0 saturated heterocycles. The third-order valence-corrected chi connectivity index (χ3v) is 3.75. The van der Waals surface area contributed by atoms with E-state index in [1.807, 2.05) is 42.5 Å². The second kappa shape index (κ2) is 8.36. The molecule has 0 saturated carbocycles. The van der Waals surface area contributed by atoms with Gasteiger partial charge in [-0.1, -0.05) is 32.0 Å². The van der Waals surface area contributed by atoms with Crippen LogP contribution in [-0.2, 0) is 4.79 Å². The van der Waals surface area contributed by atoms with Crippen molar-refractivity contribution in [1.82, 2.24) is 0 Å². The molecule has 2 aromatic carbocycles. The molecule has 0 spiro atoms. The number of aliphatic hydroxyl groups excluding tert-OH is 1. The third kappa shape index (κ3) is 4.73. The number of aliphatic hydroxyl groups is 1. The van der Waals surface area contributed by atoms with Crippen molar-refractivity contribution in [1.29, 1.82) is 0 Å². The molecule has 5 heteroatoms. The Kier molecular flexibility index (Phi) is 6.21. The summed E-state index contributed by atoms with van der Waals surface area (Å²) >= 11 is 0.